The number of halogens is 3. The number of amides is 1. The van der Waals surface area contributed by atoms with Crippen LogP contribution in [0.4, 0.5) is 18.2 Å². The van der Waals surface area contributed by atoms with Crippen molar-refractivity contribution in [2.45, 2.75) is 25.7 Å². The number of nitrogens with one attached hydrogen (secondary N) is 1. The molecule has 1 aliphatic rings. The summed E-state index contributed by atoms with van der Waals surface area (Å²) in [6, 6.07) is 7.01. The summed E-state index contributed by atoms with van der Waals surface area (Å²) >= 11 is 0.595. The minimum atomic E-state index is -4.57. The molecule has 0 unspecified atom stereocenters. The molecule has 172 valence electrons. The van der Waals surface area contributed by atoms with Gasteiger partial charge < -0.3 is 14.8 Å². The average Bonchev–Trinajstić information content (AvgIpc) is 3.51. The highest BCUT2D eigenvalue weighted by Crippen LogP contribution is 2.42. The number of H-pyrrole nitrogens is 1. The van der Waals surface area contributed by atoms with Gasteiger partial charge in [-0.3, -0.25) is 4.79 Å². The fraction of sp³-hybridized carbons (Fsp3) is 0.350. The number of aromatic nitrogens is 6. The zero-order valence-corrected chi connectivity index (χ0v) is 18.3. The van der Waals surface area contributed by atoms with E-state index in [0.29, 0.717) is 41.5 Å². The predicted molar refractivity (Wildman–Crippen MR) is 116 cm³/mol. The Morgan fingerprint density at radius 2 is 1.94 bits per heavy atom. The largest absolute Gasteiger partial charge is 0.443 e. The van der Waals surface area contributed by atoms with Crippen LogP contribution in [0.5, 0.6) is 0 Å². The lowest BCUT2D eigenvalue weighted by molar-refractivity contribution is -0.137. The second kappa shape index (κ2) is 8.14. The number of nitrogens with zero attached hydrogens (tertiary/aromatic N) is 7. The van der Waals surface area contributed by atoms with Gasteiger partial charge in [0.2, 0.25) is 10.9 Å². The number of anilines is 1. The van der Waals surface area contributed by atoms with Gasteiger partial charge in [0.05, 0.1) is 23.4 Å². The Labute approximate surface area is 189 Å². The molecule has 1 atom stereocenters. The second-order valence-corrected chi connectivity index (χ2v) is 8.69. The summed E-state index contributed by atoms with van der Waals surface area (Å²) in [5, 5.41) is 7.36. The third-order valence-corrected chi connectivity index (χ3v) is 6.60. The molecule has 1 fully saturated rings. The van der Waals surface area contributed by atoms with E-state index in [2.05, 4.69) is 25.1 Å². The molecule has 0 aliphatic carbocycles. The number of thiazole rings is 1. The Morgan fingerprint density at radius 1 is 1.18 bits per heavy atom. The van der Waals surface area contributed by atoms with Crippen molar-refractivity contribution in [3.8, 4) is 11.5 Å². The van der Waals surface area contributed by atoms with E-state index in [1.54, 1.807) is 11.0 Å². The summed E-state index contributed by atoms with van der Waals surface area (Å²) in [7, 11) is 0. The summed E-state index contributed by atoms with van der Waals surface area (Å²) in [5.74, 6) is 0.144. The molecule has 0 bridgehead atoms. The van der Waals surface area contributed by atoms with Crippen LogP contribution in [0, 0.1) is 0 Å². The highest BCUT2D eigenvalue weighted by Gasteiger charge is 2.39. The Morgan fingerprint density at radius 3 is 2.64 bits per heavy atom. The van der Waals surface area contributed by atoms with Gasteiger partial charge in [-0.05, 0) is 19.1 Å². The second-order valence-electron chi connectivity index (χ2n) is 7.71. The quantitative estimate of drug-likeness (QED) is 0.487. The molecular formula is C20H19F3N8OS. The van der Waals surface area contributed by atoms with Crippen LogP contribution < -0.4 is 4.90 Å². The topological polar surface area (TPSA) is 95.8 Å². The Balaban J connectivity index is 1.43. The number of carbonyl (C=O) groups excluding carboxylic acids is 1. The normalized spacial score (nSPS) is 17.2. The number of aromatic amines is 1. The molecule has 9 nitrogen and oxygen atoms in total. The van der Waals surface area contributed by atoms with Gasteiger partial charge >= 0.3 is 6.18 Å². The van der Waals surface area contributed by atoms with E-state index in [1.807, 2.05) is 30.0 Å². The van der Waals surface area contributed by atoms with E-state index in [-0.39, 0.29) is 30.0 Å². The highest BCUT2D eigenvalue weighted by atomic mass is 32.1. The SMILES string of the molecule is C[C@@H]1CN(c2sc(C(F)(F)F)nc2-c2nc3ccccc3[nH]2)CCN1C(=O)Cn1nccn1. The number of hydrogen-bond donors (Lipinski definition) is 1. The average molecular weight is 476 g/mol. The van der Waals surface area contributed by atoms with E-state index in [9.17, 15) is 18.0 Å². The molecule has 4 heterocycles. The number of hydrogen-bond acceptors (Lipinski definition) is 7. The third-order valence-electron chi connectivity index (χ3n) is 5.44. The van der Waals surface area contributed by atoms with Crippen molar-refractivity contribution in [3.63, 3.8) is 0 Å². The van der Waals surface area contributed by atoms with Gasteiger partial charge in [-0.1, -0.05) is 23.5 Å². The van der Waals surface area contributed by atoms with Gasteiger partial charge in [0.25, 0.3) is 0 Å². The molecule has 1 N–H and O–H groups in total. The first-order valence-corrected chi connectivity index (χ1v) is 11.0. The minimum absolute atomic E-state index is 0.0142. The standard InChI is InChI=1S/C20H19F3N8OS/c1-12-10-29(8-9-30(12)15(32)11-31-24-6-7-25-31)18-16(28-19(33-18)20(21,22)23)17-26-13-4-2-3-5-14(13)27-17/h2-7,12H,8-11H2,1H3,(H,26,27)/t12-/m1/s1. The Bertz CT molecular complexity index is 1250. The van der Waals surface area contributed by atoms with Gasteiger partial charge in [0, 0.05) is 25.7 Å². The highest BCUT2D eigenvalue weighted by molar-refractivity contribution is 7.16. The monoisotopic (exact) mass is 476 g/mol. The molecule has 4 aromatic rings. The molecule has 0 saturated carbocycles. The van der Waals surface area contributed by atoms with Gasteiger partial charge in [-0.25, -0.2) is 9.97 Å². The van der Waals surface area contributed by atoms with E-state index in [0.717, 1.165) is 5.52 Å². The van der Waals surface area contributed by atoms with E-state index in [4.69, 9.17) is 0 Å². The molecule has 0 radical (unpaired) electrons. The molecule has 13 heteroatoms. The van der Waals surface area contributed by atoms with Crippen molar-refractivity contribution >= 4 is 33.3 Å². The molecule has 3 aromatic heterocycles. The summed E-state index contributed by atoms with van der Waals surface area (Å²) in [6.45, 7) is 2.98. The van der Waals surface area contributed by atoms with Crippen LogP contribution in [-0.2, 0) is 17.5 Å². The lowest BCUT2D eigenvalue weighted by Gasteiger charge is -2.40. The minimum Gasteiger partial charge on any atom is -0.358 e. The first-order valence-electron chi connectivity index (χ1n) is 10.2. The fourth-order valence-corrected chi connectivity index (χ4v) is 4.89. The van der Waals surface area contributed by atoms with Gasteiger partial charge in [0.15, 0.2) is 5.82 Å². The van der Waals surface area contributed by atoms with E-state index in [1.165, 1.54) is 17.2 Å². The van der Waals surface area contributed by atoms with Crippen LogP contribution in [0.3, 0.4) is 0 Å². The number of para-hydroxylation sites is 2. The van der Waals surface area contributed by atoms with Crippen molar-refractivity contribution in [1.82, 2.24) is 34.8 Å². The summed E-state index contributed by atoms with van der Waals surface area (Å²) in [4.78, 5) is 29.0. The van der Waals surface area contributed by atoms with Crippen LogP contribution in [0.25, 0.3) is 22.6 Å². The van der Waals surface area contributed by atoms with Crippen LogP contribution in [0.15, 0.2) is 36.7 Å². The van der Waals surface area contributed by atoms with Crippen LogP contribution >= 0.6 is 11.3 Å². The number of piperazine rings is 1. The predicted octanol–water partition coefficient (Wildman–Crippen LogP) is 3.03. The van der Waals surface area contributed by atoms with Gasteiger partial charge in [-0.2, -0.15) is 28.2 Å². The maximum Gasteiger partial charge on any atom is 0.443 e. The first-order chi connectivity index (χ1) is 15.8. The first kappa shape index (κ1) is 21.4. The van der Waals surface area contributed by atoms with E-state index < -0.39 is 11.2 Å². The molecular weight excluding hydrogens is 457 g/mol. The maximum atomic E-state index is 13.5. The number of benzene rings is 1. The maximum absolute atomic E-state index is 13.5. The summed E-state index contributed by atoms with van der Waals surface area (Å²) < 4.78 is 40.6. The summed E-state index contributed by atoms with van der Waals surface area (Å²) in [5.41, 5.74) is 1.53. The number of fused-ring (bicyclic) bond motifs is 1. The van der Waals surface area contributed by atoms with Crippen molar-refractivity contribution < 1.29 is 18.0 Å². The summed E-state index contributed by atoms with van der Waals surface area (Å²) in [6.07, 6.45) is -1.57. The van der Waals surface area contributed by atoms with Crippen molar-refractivity contribution in [3.05, 3.63) is 41.7 Å². The van der Waals surface area contributed by atoms with Gasteiger partial charge in [-0.15, -0.1) is 0 Å². The van der Waals surface area contributed by atoms with Crippen LogP contribution in [-0.4, -0.2) is 66.4 Å². The lowest BCUT2D eigenvalue weighted by Crippen LogP contribution is -2.54. The van der Waals surface area contributed by atoms with Gasteiger partial charge in [0.1, 0.15) is 17.2 Å². The number of imidazole rings is 1. The Kier molecular flexibility index (Phi) is 5.27. The van der Waals surface area contributed by atoms with Crippen LogP contribution in [0.1, 0.15) is 11.9 Å². The number of rotatable bonds is 4. The van der Waals surface area contributed by atoms with E-state index >= 15 is 0 Å². The molecule has 1 aliphatic heterocycles. The Hall–Kier alpha value is -3.48. The molecule has 5 rings (SSSR count). The van der Waals surface area contributed by atoms with Crippen molar-refractivity contribution in [2.75, 3.05) is 24.5 Å². The molecule has 1 amide bonds. The number of carbonyl (C=O) groups is 1. The third kappa shape index (κ3) is 4.15. The molecule has 33 heavy (non-hydrogen) atoms. The lowest BCUT2D eigenvalue weighted by atomic mass is 10.2. The molecule has 0 spiro atoms. The zero-order valence-electron chi connectivity index (χ0n) is 17.5. The zero-order chi connectivity index (χ0) is 23.2. The number of alkyl halides is 3. The molecule has 1 saturated heterocycles. The van der Waals surface area contributed by atoms with Crippen molar-refractivity contribution in [2.24, 2.45) is 0 Å². The fourth-order valence-electron chi connectivity index (χ4n) is 3.92. The molecule has 1 aromatic carbocycles. The van der Waals surface area contributed by atoms with Crippen molar-refractivity contribution in [1.29, 1.82) is 0 Å². The smallest absolute Gasteiger partial charge is 0.358 e. The van der Waals surface area contributed by atoms with Crippen LogP contribution in [0.2, 0.25) is 0 Å².